The first-order chi connectivity index (χ1) is 12.5. The first kappa shape index (κ1) is 17.3. The highest BCUT2D eigenvalue weighted by molar-refractivity contribution is 5.43. The maximum absolute atomic E-state index is 12.4. The van der Waals surface area contributed by atoms with E-state index in [9.17, 15) is 4.79 Å². The summed E-state index contributed by atoms with van der Waals surface area (Å²) in [5.74, 6) is 2.53. The molecule has 0 unspecified atom stereocenters. The SMILES string of the molecule is COc1ccc(CN2CCc3c(nc(CC4CC4)[nH]c3=O)C2)c(C)c1C. The van der Waals surface area contributed by atoms with Crippen molar-refractivity contribution < 1.29 is 4.74 Å². The number of benzene rings is 1. The molecule has 138 valence electrons. The second-order valence-corrected chi connectivity index (χ2v) is 7.72. The molecule has 1 aliphatic heterocycles. The van der Waals surface area contributed by atoms with Crippen LogP contribution in [0, 0.1) is 19.8 Å². The second-order valence-electron chi connectivity index (χ2n) is 7.72. The lowest BCUT2D eigenvalue weighted by Crippen LogP contribution is -2.35. The molecule has 1 aromatic carbocycles. The van der Waals surface area contributed by atoms with Crippen LogP contribution in [-0.4, -0.2) is 28.5 Å². The van der Waals surface area contributed by atoms with Gasteiger partial charge in [-0.1, -0.05) is 6.07 Å². The van der Waals surface area contributed by atoms with Crippen LogP contribution in [0.25, 0.3) is 0 Å². The zero-order valence-corrected chi connectivity index (χ0v) is 15.9. The van der Waals surface area contributed by atoms with Crippen molar-refractivity contribution in [1.82, 2.24) is 14.9 Å². The fraction of sp³-hybridized carbons (Fsp3) is 0.524. The quantitative estimate of drug-likeness (QED) is 0.898. The van der Waals surface area contributed by atoms with Gasteiger partial charge in [-0.15, -0.1) is 0 Å². The Labute approximate surface area is 154 Å². The van der Waals surface area contributed by atoms with Crippen LogP contribution in [0.3, 0.4) is 0 Å². The van der Waals surface area contributed by atoms with Gasteiger partial charge < -0.3 is 9.72 Å². The Balaban J connectivity index is 1.54. The van der Waals surface area contributed by atoms with E-state index in [0.717, 1.165) is 61.2 Å². The lowest BCUT2D eigenvalue weighted by molar-refractivity contribution is 0.239. The van der Waals surface area contributed by atoms with Gasteiger partial charge >= 0.3 is 0 Å². The fourth-order valence-corrected chi connectivity index (χ4v) is 3.86. The summed E-state index contributed by atoms with van der Waals surface area (Å²) < 4.78 is 5.42. The Bertz CT molecular complexity index is 884. The van der Waals surface area contributed by atoms with Gasteiger partial charge in [0.2, 0.25) is 0 Å². The first-order valence-corrected chi connectivity index (χ1v) is 9.51. The van der Waals surface area contributed by atoms with E-state index >= 15 is 0 Å². The number of nitrogens with one attached hydrogen (secondary N) is 1. The van der Waals surface area contributed by atoms with Crippen molar-refractivity contribution in [2.24, 2.45) is 5.92 Å². The van der Waals surface area contributed by atoms with E-state index in [0.29, 0.717) is 0 Å². The minimum Gasteiger partial charge on any atom is -0.496 e. The minimum atomic E-state index is 0.0711. The van der Waals surface area contributed by atoms with Crippen LogP contribution >= 0.6 is 0 Å². The van der Waals surface area contributed by atoms with Crippen LogP contribution in [0.15, 0.2) is 16.9 Å². The van der Waals surface area contributed by atoms with Crippen molar-refractivity contribution in [1.29, 1.82) is 0 Å². The number of rotatable bonds is 5. The Morgan fingerprint density at radius 3 is 2.81 bits per heavy atom. The molecule has 2 aromatic rings. The van der Waals surface area contributed by atoms with Crippen molar-refractivity contribution >= 4 is 0 Å². The average molecular weight is 353 g/mol. The van der Waals surface area contributed by atoms with Gasteiger partial charge in [-0.2, -0.15) is 0 Å². The summed E-state index contributed by atoms with van der Waals surface area (Å²) in [7, 11) is 1.71. The van der Waals surface area contributed by atoms with Crippen LogP contribution in [0.2, 0.25) is 0 Å². The van der Waals surface area contributed by atoms with Gasteiger partial charge in [0.15, 0.2) is 0 Å². The van der Waals surface area contributed by atoms with Gasteiger partial charge in [-0.05, 0) is 61.8 Å². The molecule has 0 saturated heterocycles. The zero-order valence-electron chi connectivity index (χ0n) is 15.9. The summed E-state index contributed by atoms with van der Waals surface area (Å²) in [4.78, 5) is 22.6. The molecule has 0 radical (unpaired) electrons. The van der Waals surface area contributed by atoms with E-state index < -0.39 is 0 Å². The summed E-state index contributed by atoms with van der Waals surface area (Å²) in [6, 6.07) is 4.20. The smallest absolute Gasteiger partial charge is 0.254 e. The fourth-order valence-electron chi connectivity index (χ4n) is 3.86. The van der Waals surface area contributed by atoms with Gasteiger partial charge in [-0.3, -0.25) is 9.69 Å². The van der Waals surface area contributed by atoms with Gasteiger partial charge in [0.05, 0.1) is 12.8 Å². The van der Waals surface area contributed by atoms with Crippen molar-refractivity contribution in [3.63, 3.8) is 0 Å². The van der Waals surface area contributed by atoms with Crippen LogP contribution in [-0.2, 0) is 25.9 Å². The molecule has 5 heteroatoms. The van der Waals surface area contributed by atoms with Crippen molar-refractivity contribution in [3.05, 3.63) is 56.3 Å². The highest BCUT2D eigenvalue weighted by Gasteiger charge is 2.25. The van der Waals surface area contributed by atoms with Crippen LogP contribution in [0.5, 0.6) is 5.75 Å². The number of hydrogen-bond acceptors (Lipinski definition) is 4. The van der Waals surface area contributed by atoms with Gasteiger partial charge in [-0.25, -0.2) is 4.98 Å². The molecule has 0 atom stereocenters. The topological polar surface area (TPSA) is 58.2 Å². The molecule has 0 amide bonds. The number of fused-ring (bicyclic) bond motifs is 1. The molecule has 1 aromatic heterocycles. The molecule has 26 heavy (non-hydrogen) atoms. The minimum absolute atomic E-state index is 0.0711. The maximum Gasteiger partial charge on any atom is 0.254 e. The summed E-state index contributed by atoms with van der Waals surface area (Å²) >= 11 is 0. The third kappa shape index (κ3) is 3.40. The highest BCUT2D eigenvalue weighted by atomic mass is 16.5. The largest absolute Gasteiger partial charge is 0.496 e. The second kappa shape index (κ2) is 6.88. The van der Waals surface area contributed by atoms with Crippen LogP contribution in [0.1, 0.15) is 46.6 Å². The van der Waals surface area contributed by atoms with E-state index in [1.165, 1.54) is 29.5 Å². The standard InChI is InChI=1S/C21H27N3O2/c1-13-14(2)19(26-3)7-6-16(13)11-24-9-8-17-18(12-24)22-20(23-21(17)25)10-15-4-5-15/h6-7,15H,4-5,8-12H2,1-3H3,(H,22,23,25). The number of aromatic nitrogens is 2. The van der Waals surface area contributed by atoms with E-state index in [1.54, 1.807) is 7.11 Å². The van der Waals surface area contributed by atoms with Crippen molar-refractivity contribution in [2.45, 2.75) is 52.6 Å². The Morgan fingerprint density at radius 1 is 1.27 bits per heavy atom. The zero-order chi connectivity index (χ0) is 18.3. The lowest BCUT2D eigenvalue weighted by atomic mass is 10.00. The number of methoxy groups -OCH3 is 1. The van der Waals surface area contributed by atoms with E-state index in [4.69, 9.17) is 9.72 Å². The summed E-state index contributed by atoms with van der Waals surface area (Å²) in [6.45, 7) is 6.78. The van der Waals surface area contributed by atoms with Gasteiger partial charge in [0, 0.05) is 31.6 Å². The third-order valence-corrected chi connectivity index (χ3v) is 5.84. The average Bonchev–Trinajstić information content (AvgIpc) is 3.43. The normalized spacial score (nSPS) is 17.2. The molecule has 0 spiro atoms. The number of nitrogens with zero attached hydrogens (tertiary/aromatic N) is 2. The molecule has 1 N–H and O–H groups in total. The number of aromatic amines is 1. The highest BCUT2D eigenvalue weighted by Crippen LogP contribution is 2.32. The molecule has 5 nitrogen and oxygen atoms in total. The first-order valence-electron chi connectivity index (χ1n) is 9.51. The maximum atomic E-state index is 12.4. The molecular formula is C21H27N3O2. The van der Waals surface area contributed by atoms with Gasteiger partial charge in [0.25, 0.3) is 5.56 Å². The molecule has 4 rings (SSSR count). The molecule has 1 aliphatic carbocycles. The Hall–Kier alpha value is -2.14. The summed E-state index contributed by atoms with van der Waals surface area (Å²) in [5, 5.41) is 0. The Morgan fingerprint density at radius 2 is 2.08 bits per heavy atom. The van der Waals surface area contributed by atoms with Crippen LogP contribution < -0.4 is 10.3 Å². The van der Waals surface area contributed by atoms with Crippen molar-refractivity contribution in [3.8, 4) is 5.75 Å². The molecule has 2 heterocycles. The predicted molar refractivity (Wildman–Crippen MR) is 102 cm³/mol. The number of hydrogen-bond donors (Lipinski definition) is 1. The Kier molecular flexibility index (Phi) is 4.57. The molecule has 1 saturated carbocycles. The van der Waals surface area contributed by atoms with E-state index in [1.807, 2.05) is 6.07 Å². The molecule has 2 aliphatic rings. The predicted octanol–water partition coefficient (Wildman–Crippen LogP) is 2.91. The molecule has 0 bridgehead atoms. The monoisotopic (exact) mass is 353 g/mol. The van der Waals surface area contributed by atoms with Crippen molar-refractivity contribution in [2.75, 3.05) is 13.7 Å². The summed E-state index contributed by atoms with van der Waals surface area (Å²) in [5.41, 5.74) is 5.71. The van der Waals surface area contributed by atoms with Crippen LogP contribution in [0.4, 0.5) is 0 Å². The van der Waals surface area contributed by atoms with Gasteiger partial charge in [0.1, 0.15) is 11.6 Å². The molecular weight excluding hydrogens is 326 g/mol. The lowest BCUT2D eigenvalue weighted by Gasteiger charge is -2.28. The van der Waals surface area contributed by atoms with E-state index in [2.05, 4.69) is 29.8 Å². The van der Waals surface area contributed by atoms with E-state index in [-0.39, 0.29) is 5.56 Å². The third-order valence-electron chi connectivity index (χ3n) is 5.84. The summed E-state index contributed by atoms with van der Waals surface area (Å²) in [6.07, 6.45) is 4.22. The number of H-pyrrole nitrogens is 1. The molecule has 1 fully saturated rings. The number of ether oxygens (including phenoxy) is 1.